The number of aromatic amines is 1. The summed E-state index contributed by atoms with van der Waals surface area (Å²) in [7, 11) is 0. The number of aliphatic imine (C=N–C) groups is 1. The van der Waals surface area contributed by atoms with Crippen molar-refractivity contribution in [3.05, 3.63) is 174 Å². The van der Waals surface area contributed by atoms with E-state index in [1.807, 2.05) is 42.6 Å². The van der Waals surface area contributed by atoms with Gasteiger partial charge in [-0.25, -0.2) is 4.98 Å². The number of anilines is 3. The van der Waals surface area contributed by atoms with Crippen LogP contribution in [-0.4, -0.2) is 225 Å². The van der Waals surface area contributed by atoms with E-state index in [1.165, 1.54) is 57.6 Å². The second kappa shape index (κ2) is 34.0. The first-order valence-corrected chi connectivity index (χ1v) is 40.9. The third kappa shape index (κ3) is 16.5. The summed E-state index contributed by atoms with van der Waals surface area (Å²) in [5.74, 6) is 0.692. The van der Waals surface area contributed by atoms with Gasteiger partial charge in [0.05, 0.1) is 49.9 Å². The molecule has 594 valence electrons. The van der Waals surface area contributed by atoms with E-state index in [9.17, 15) is 58.6 Å². The first kappa shape index (κ1) is 76.9. The quantitative estimate of drug-likeness (QED) is 0.0330. The third-order valence-electron chi connectivity index (χ3n) is 25.5. The van der Waals surface area contributed by atoms with Gasteiger partial charge in [-0.05, 0) is 206 Å². The Kier molecular flexibility index (Phi) is 22.9. The molecule has 18 rings (SSSR count). The number of nitrogens with one attached hydrogen (secondary N) is 3. The number of pyridine rings is 2. The van der Waals surface area contributed by atoms with Crippen LogP contribution in [0.2, 0.25) is 0 Å². The maximum Gasteiger partial charge on any atom is 0.270 e. The number of aldehydes is 1. The number of carbonyl (C=O) groups is 8. The Morgan fingerprint density at radius 3 is 1.67 bits per heavy atom. The molecule has 13 heterocycles. The fourth-order valence-electron chi connectivity index (χ4n) is 18.9. The van der Waals surface area contributed by atoms with Crippen molar-refractivity contribution in [2.45, 2.75) is 134 Å². The average Bonchev–Trinajstić information content (AvgIpc) is 1.61. The minimum Gasteiger partial charge on any atom is -0.371 e. The maximum atomic E-state index is 13.3. The Bertz CT molecular complexity index is 4900. The van der Waals surface area contributed by atoms with Crippen LogP contribution < -0.4 is 25.3 Å². The zero-order valence-electron chi connectivity index (χ0n) is 64.2. The summed E-state index contributed by atoms with van der Waals surface area (Å²) in [5.41, 5.74) is 10.5. The van der Waals surface area contributed by atoms with Gasteiger partial charge in [0.15, 0.2) is 0 Å². The van der Waals surface area contributed by atoms with Crippen LogP contribution >= 0.6 is 0 Å². The van der Waals surface area contributed by atoms with Gasteiger partial charge in [0.25, 0.3) is 35.0 Å². The van der Waals surface area contributed by atoms with Gasteiger partial charge >= 0.3 is 0 Å². The topological polar surface area (TPSA) is 340 Å². The summed E-state index contributed by atoms with van der Waals surface area (Å²) < 4.78 is 0. The first-order valence-electron chi connectivity index (χ1n) is 40.9. The monoisotopic (exact) mass is 1550 g/mol. The van der Waals surface area contributed by atoms with Crippen LogP contribution in [0.1, 0.15) is 179 Å². The van der Waals surface area contributed by atoms with Crippen LogP contribution in [0, 0.1) is 43.9 Å². The lowest BCUT2D eigenvalue weighted by Gasteiger charge is -2.40. The van der Waals surface area contributed by atoms with Gasteiger partial charge in [-0.2, -0.15) is 5.10 Å². The molecule has 0 radical (unpaired) electrons. The van der Waals surface area contributed by atoms with Crippen molar-refractivity contribution in [1.29, 1.82) is 0 Å². The maximum absolute atomic E-state index is 13.3. The molecule has 8 fully saturated rings. The highest BCUT2D eigenvalue weighted by Gasteiger charge is 2.47. The zero-order valence-corrected chi connectivity index (χ0v) is 64.2. The highest BCUT2D eigenvalue weighted by atomic mass is 16.6. The van der Waals surface area contributed by atoms with Gasteiger partial charge in [0.1, 0.15) is 29.9 Å². The van der Waals surface area contributed by atoms with Crippen LogP contribution in [-0.2, 0) is 25.7 Å². The minimum atomic E-state index is -0.957. The number of piperidine rings is 6. The molecule has 29 heteroatoms. The number of non-ortho nitro benzene ring substituents is 2. The molecule has 3 N–H and O–H groups in total. The summed E-state index contributed by atoms with van der Waals surface area (Å²) in [6.07, 6.45) is 21.5. The normalized spacial score (nSPS) is 21.9. The number of nitro groups is 2. The second-order valence-corrected chi connectivity index (χ2v) is 32.5. The number of nitrogens with zero attached hydrogens (tertiary/aromatic N) is 14. The molecular weight excluding hydrogens is 1450 g/mol. The Hall–Kier alpha value is -11.0. The van der Waals surface area contributed by atoms with Gasteiger partial charge in [-0.15, -0.1) is 0 Å². The standard InChI is InChI=1S/C43H48N8O6.C23H28N6O2.C19H21N3O4/c52-39-6-5-38(41(53)46-39)50-42(54)34-4-3-32(22-36(34)43(50)55)49-19-10-28(11-20-49)26-47-15-8-27(9-16-47)25-48-17-12-29(13-18-48)37-21-30(7-14-44-37)40-35-23-33(51(56)57)2-1-31(35)24-45-40;30-29(31)19-6-7-21-20(15-19)23(26-25-21)18-8-9-24-22(14-18)28-12-10-27(11-13-28)16-17-4-2-1-3-5-17;23-11-12-5-8-21(9-6-12)13-3-4-14-15(10-13)19(26)22(18(14)25)16-2-1-7-20-17(16)24/h1-4,7,14,21-23,27-29,38H,5-6,8-13,15-20,24-26H2,(H,46,52,53);6-9,14-15,17H,1-5,10-13,16H2,(H,25,26);3-4,10-12,16H,1-2,5-9H2,(H,20,24). The van der Waals surface area contributed by atoms with E-state index in [0.29, 0.717) is 59.5 Å². The smallest absolute Gasteiger partial charge is 0.270 e. The van der Waals surface area contributed by atoms with E-state index in [-0.39, 0.29) is 51.8 Å². The van der Waals surface area contributed by atoms with Gasteiger partial charge in [-0.1, -0.05) is 19.3 Å². The van der Waals surface area contributed by atoms with Crippen molar-refractivity contribution < 1.29 is 48.2 Å². The number of H-pyrrole nitrogens is 1. The molecule has 7 aromatic rings. The second-order valence-electron chi connectivity index (χ2n) is 32.5. The molecule has 29 nitrogen and oxygen atoms in total. The van der Waals surface area contributed by atoms with E-state index < -0.39 is 41.6 Å². The zero-order chi connectivity index (χ0) is 78.7. The highest BCUT2D eigenvalue weighted by Crippen LogP contribution is 2.39. The molecule has 7 amide bonds. The molecule has 2 unspecified atom stereocenters. The van der Waals surface area contributed by atoms with Gasteiger partial charge in [0.2, 0.25) is 17.7 Å². The number of nitro benzene ring substituents is 2. The van der Waals surface area contributed by atoms with Crippen molar-refractivity contribution in [3.63, 3.8) is 0 Å². The summed E-state index contributed by atoms with van der Waals surface area (Å²) in [6, 6.07) is 26.9. The predicted molar refractivity (Wildman–Crippen MR) is 427 cm³/mol. The van der Waals surface area contributed by atoms with Crippen LogP contribution in [0.25, 0.3) is 22.2 Å². The third-order valence-corrected chi connectivity index (χ3v) is 25.5. The molecule has 11 aliphatic rings. The number of carbonyl (C=O) groups excluding carboxylic acids is 8. The molecule has 10 aliphatic heterocycles. The van der Waals surface area contributed by atoms with Crippen molar-refractivity contribution >= 4 is 92.8 Å². The van der Waals surface area contributed by atoms with Crippen molar-refractivity contribution in [2.24, 2.45) is 28.7 Å². The van der Waals surface area contributed by atoms with Gasteiger partial charge < -0.3 is 34.6 Å². The molecule has 1 aliphatic carbocycles. The summed E-state index contributed by atoms with van der Waals surface area (Å²) in [5, 5.41) is 35.7. The highest BCUT2D eigenvalue weighted by molar-refractivity contribution is 6.24. The molecule has 4 aromatic carbocycles. The molecule has 1 saturated carbocycles. The molecule has 3 aromatic heterocycles. The summed E-state index contributed by atoms with van der Waals surface area (Å²) >= 11 is 0. The predicted octanol–water partition coefficient (Wildman–Crippen LogP) is 9.76. The number of benzene rings is 4. The molecule has 7 saturated heterocycles. The number of fused-ring (bicyclic) bond motifs is 4. The number of imide groups is 3. The van der Waals surface area contributed by atoms with Crippen molar-refractivity contribution in [1.82, 2.24) is 55.3 Å². The Morgan fingerprint density at radius 1 is 0.482 bits per heavy atom. The molecule has 0 spiro atoms. The van der Waals surface area contributed by atoms with Crippen molar-refractivity contribution in [3.8, 4) is 11.3 Å². The SMILES string of the molecule is O=C1CCC(N2C(=O)c3ccc(N4CCC(CN5CCC(CN6CCC(c7cc(C8=NCc9ccc([N+](=O)[O-])cc98)ccn7)CC6)CC5)CC4)cc3C2=O)C(=O)N1.O=CC1CCN(c2ccc3c(c2)C(=O)N(C2CCCNC2=O)C3=O)CC1.O=[N+]([O-])c1ccc2[nH]nc(-c3ccnc(N4CCN(CC5CCCCC5)CC4)c3)c2c1. The van der Waals surface area contributed by atoms with E-state index in [4.69, 9.17) is 9.98 Å². The summed E-state index contributed by atoms with van der Waals surface area (Å²) in [4.78, 5) is 152. The number of likely N-dealkylation sites (tertiary alicyclic amines) is 2. The minimum absolute atomic E-state index is 0.0681. The van der Waals surface area contributed by atoms with Crippen LogP contribution in [0.3, 0.4) is 0 Å². The number of piperazine rings is 1. The number of hydrogen-bond acceptors (Lipinski definition) is 22. The van der Waals surface area contributed by atoms with Crippen molar-refractivity contribution in [2.75, 3.05) is 119 Å². The lowest BCUT2D eigenvalue weighted by molar-refractivity contribution is -0.385. The number of hydrogen-bond donors (Lipinski definition) is 3. The van der Waals surface area contributed by atoms with Gasteiger partial charge in [0, 0.05) is 173 Å². The van der Waals surface area contributed by atoms with E-state index >= 15 is 0 Å². The number of rotatable bonds is 17. The average molecular weight is 1550 g/mol. The van der Waals surface area contributed by atoms with E-state index in [0.717, 1.165) is 226 Å². The van der Waals surface area contributed by atoms with E-state index in [1.54, 1.807) is 54.7 Å². The Morgan fingerprint density at radius 2 is 1.04 bits per heavy atom. The lowest BCUT2D eigenvalue weighted by Crippen LogP contribution is -2.54. The van der Waals surface area contributed by atoms with Crippen LogP contribution in [0.15, 0.2) is 114 Å². The summed E-state index contributed by atoms with van der Waals surface area (Å²) in [6.45, 7) is 16.4. The number of aromatic nitrogens is 4. The van der Waals surface area contributed by atoms with E-state index in [2.05, 4.69) is 61.3 Å². The molecule has 0 bridgehead atoms. The Labute approximate surface area is 660 Å². The fourth-order valence-corrected chi connectivity index (χ4v) is 18.9. The van der Waals surface area contributed by atoms with Gasteiger partial charge in [-0.3, -0.25) is 88.9 Å². The fraction of sp³-hybridized carbons (Fsp3) is 0.482. The largest absolute Gasteiger partial charge is 0.371 e. The first-order chi connectivity index (χ1) is 55.4. The van der Waals surface area contributed by atoms with Crippen LogP contribution in [0.5, 0.6) is 0 Å². The lowest BCUT2D eigenvalue weighted by atomic mass is 9.89. The van der Waals surface area contributed by atoms with Crippen LogP contribution in [0.4, 0.5) is 28.6 Å². The Balaban J connectivity index is 0.000000144. The number of amides is 7. The molecule has 2 atom stereocenters. The molecule has 114 heavy (non-hydrogen) atoms. The molecular formula is C85H97N17O12.